The molecule has 3 heterocycles. The summed E-state index contributed by atoms with van der Waals surface area (Å²) in [5.41, 5.74) is 9.97. The number of pyridine rings is 2. The summed E-state index contributed by atoms with van der Waals surface area (Å²) < 4.78 is 0. The first-order valence-corrected chi connectivity index (χ1v) is 10.6. The maximum Gasteiger partial charge on any atom is 0.253 e. The van der Waals surface area contributed by atoms with Gasteiger partial charge < -0.3 is 15.5 Å². The summed E-state index contributed by atoms with van der Waals surface area (Å²) in [6.07, 6.45) is 4.63. The summed E-state index contributed by atoms with van der Waals surface area (Å²) in [4.78, 5) is 26.7. The van der Waals surface area contributed by atoms with Crippen molar-refractivity contribution in [1.29, 1.82) is 0 Å². The van der Waals surface area contributed by atoms with E-state index < -0.39 is 0 Å². The normalized spacial score (nSPS) is 15.3. The molecular weight excluding hydrogens is 386 g/mol. The smallest absolute Gasteiger partial charge is 0.253 e. The van der Waals surface area contributed by atoms with E-state index in [2.05, 4.69) is 16.9 Å². The van der Waals surface area contributed by atoms with Crippen LogP contribution in [0.5, 0.6) is 0 Å². The number of carbonyl (C=O) groups excluding carboxylic acids is 1. The number of nitrogens with zero attached hydrogens (tertiary/aromatic N) is 4. The number of carbonyl (C=O) groups is 1. The van der Waals surface area contributed by atoms with Gasteiger partial charge in [-0.3, -0.25) is 9.78 Å². The van der Waals surface area contributed by atoms with Gasteiger partial charge in [0.15, 0.2) is 0 Å². The Kier molecular flexibility index (Phi) is 5.00. The van der Waals surface area contributed by atoms with Crippen molar-refractivity contribution in [3.8, 4) is 11.3 Å². The van der Waals surface area contributed by atoms with Crippen LogP contribution in [0.2, 0.25) is 0 Å². The molecule has 0 spiro atoms. The Hall–Kier alpha value is -3.51. The lowest BCUT2D eigenvalue weighted by atomic mass is 10.00. The molecule has 31 heavy (non-hydrogen) atoms. The third kappa shape index (κ3) is 3.70. The molecule has 0 atom stereocenters. The largest absolute Gasteiger partial charge is 0.399 e. The number of likely N-dealkylation sites (N-methyl/N-ethyl adjacent to an activating group) is 1. The molecule has 2 aromatic carbocycles. The van der Waals surface area contributed by atoms with Crippen molar-refractivity contribution in [3.63, 3.8) is 0 Å². The molecule has 5 rings (SSSR count). The Labute approximate surface area is 181 Å². The van der Waals surface area contributed by atoms with Crippen LogP contribution in [-0.4, -0.2) is 58.9 Å². The number of fused-ring (bicyclic) bond motifs is 3. The quantitative estimate of drug-likeness (QED) is 0.401. The molecular formula is C25H25N5O. The van der Waals surface area contributed by atoms with Crippen LogP contribution in [0.25, 0.3) is 32.9 Å². The van der Waals surface area contributed by atoms with E-state index in [4.69, 9.17) is 10.7 Å². The van der Waals surface area contributed by atoms with Crippen molar-refractivity contribution in [2.24, 2.45) is 0 Å². The van der Waals surface area contributed by atoms with Crippen LogP contribution < -0.4 is 5.73 Å². The van der Waals surface area contributed by atoms with Crippen LogP contribution in [-0.2, 0) is 0 Å². The maximum absolute atomic E-state index is 13.2. The van der Waals surface area contributed by atoms with E-state index in [9.17, 15) is 4.79 Å². The van der Waals surface area contributed by atoms with E-state index in [0.29, 0.717) is 11.3 Å². The van der Waals surface area contributed by atoms with Gasteiger partial charge in [0.25, 0.3) is 5.91 Å². The van der Waals surface area contributed by atoms with E-state index in [1.54, 1.807) is 6.20 Å². The van der Waals surface area contributed by atoms with Crippen molar-refractivity contribution in [2.75, 3.05) is 39.0 Å². The minimum absolute atomic E-state index is 0.0655. The highest BCUT2D eigenvalue weighted by atomic mass is 16.2. The summed E-state index contributed by atoms with van der Waals surface area (Å²) >= 11 is 0. The first-order chi connectivity index (χ1) is 15.1. The Morgan fingerprint density at radius 3 is 2.74 bits per heavy atom. The molecule has 2 aromatic heterocycles. The monoisotopic (exact) mass is 411 g/mol. The molecule has 0 saturated carbocycles. The molecule has 2 N–H and O–H groups in total. The van der Waals surface area contributed by atoms with Crippen LogP contribution in [0.4, 0.5) is 5.69 Å². The number of anilines is 1. The van der Waals surface area contributed by atoms with Crippen LogP contribution in [0.3, 0.4) is 0 Å². The predicted molar refractivity (Wildman–Crippen MR) is 125 cm³/mol. The number of hydrogen-bond acceptors (Lipinski definition) is 5. The summed E-state index contributed by atoms with van der Waals surface area (Å²) in [5.74, 6) is 0.0655. The van der Waals surface area contributed by atoms with Crippen molar-refractivity contribution >= 4 is 33.3 Å². The fourth-order valence-corrected chi connectivity index (χ4v) is 4.32. The van der Waals surface area contributed by atoms with Crippen molar-refractivity contribution in [1.82, 2.24) is 19.8 Å². The summed E-state index contributed by atoms with van der Waals surface area (Å²) in [6.45, 7) is 3.45. The number of aromatic nitrogens is 2. The second kappa shape index (κ2) is 7.96. The zero-order valence-electron chi connectivity index (χ0n) is 17.6. The van der Waals surface area contributed by atoms with Gasteiger partial charge in [-0.05, 0) is 50.3 Å². The average Bonchev–Trinajstić information content (AvgIpc) is 3.02. The summed E-state index contributed by atoms with van der Waals surface area (Å²) in [5, 5.41) is 3.02. The van der Waals surface area contributed by atoms with Crippen molar-refractivity contribution < 1.29 is 4.79 Å². The SMILES string of the molecule is CN1CCCN(C(=O)c2ccc3c(c2)nc(-c2cccc(N)c2)c2ccncc23)CC1. The van der Waals surface area contributed by atoms with Gasteiger partial charge in [-0.2, -0.15) is 0 Å². The fraction of sp³-hybridized carbons (Fsp3) is 0.240. The van der Waals surface area contributed by atoms with Crippen LogP contribution in [0.1, 0.15) is 16.8 Å². The van der Waals surface area contributed by atoms with E-state index in [1.165, 1.54) is 0 Å². The lowest BCUT2D eigenvalue weighted by molar-refractivity contribution is 0.0763. The minimum atomic E-state index is 0.0655. The molecule has 156 valence electrons. The number of nitrogens with two attached hydrogens (primary N) is 1. The van der Waals surface area contributed by atoms with Gasteiger partial charge in [-0.15, -0.1) is 0 Å². The lowest BCUT2D eigenvalue weighted by Gasteiger charge is -2.21. The van der Waals surface area contributed by atoms with Gasteiger partial charge in [0, 0.05) is 65.0 Å². The predicted octanol–water partition coefficient (Wildman–Crippen LogP) is 3.81. The third-order valence-corrected chi connectivity index (χ3v) is 6.01. The van der Waals surface area contributed by atoms with Crippen LogP contribution >= 0.6 is 0 Å². The van der Waals surface area contributed by atoms with Gasteiger partial charge in [0.05, 0.1) is 11.2 Å². The molecule has 0 unspecified atom stereocenters. The van der Waals surface area contributed by atoms with E-state index in [1.807, 2.05) is 59.6 Å². The zero-order chi connectivity index (χ0) is 21.4. The molecule has 6 heteroatoms. The molecule has 1 saturated heterocycles. The molecule has 6 nitrogen and oxygen atoms in total. The molecule has 1 amide bonds. The highest BCUT2D eigenvalue weighted by Gasteiger charge is 2.20. The van der Waals surface area contributed by atoms with Crippen molar-refractivity contribution in [2.45, 2.75) is 6.42 Å². The van der Waals surface area contributed by atoms with Crippen molar-refractivity contribution in [3.05, 3.63) is 66.5 Å². The van der Waals surface area contributed by atoms with Crippen LogP contribution in [0, 0.1) is 0 Å². The lowest BCUT2D eigenvalue weighted by Crippen LogP contribution is -2.34. The van der Waals surface area contributed by atoms with Gasteiger partial charge in [-0.25, -0.2) is 4.98 Å². The Morgan fingerprint density at radius 2 is 1.87 bits per heavy atom. The van der Waals surface area contributed by atoms with Crippen LogP contribution in [0.15, 0.2) is 60.9 Å². The van der Waals surface area contributed by atoms with E-state index >= 15 is 0 Å². The Balaban J connectivity index is 1.63. The summed E-state index contributed by atoms with van der Waals surface area (Å²) in [6, 6.07) is 15.5. The number of nitrogen functional groups attached to an aromatic ring is 1. The van der Waals surface area contributed by atoms with E-state index in [0.717, 1.165) is 65.5 Å². The molecule has 1 aliphatic heterocycles. The molecule has 1 fully saturated rings. The highest BCUT2D eigenvalue weighted by molar-refractivity contribution is 6.12. The Bertz CT molecular complexity index is 1290. The Morgan fingerprint density at radius 1 is 0.968 bits per heavy atom. The fourth-order valence-electron chi connectivity index (χ4n) is 4.32. The first kappa shape index (κ1) is 19.5. The number of hydrogen-bond donors (Lipinski definition) is 1. The maximum atomic E-state index is 13.2. The zero-order valence-corrected chi connectivity index (χ0v) is 17.6. The minimum Gasteiger partial charge on any atom is -0.399 e. The third-order valence-electron chi connectivity index (χ3n) is 6.01. The second-order valence-corrected chi connectivity index (χ2v) is 8.19. The summed E-state index contributed by atoms with van der Waals surface area (Å²) in [7, 11) is 2.10. The molecule has 0 bridgehead atoms. The topological polar surface area (TPSA) is 75.3 Å². The van der Waals surface area contributed by atoms with Gasteiger partial charge >= 0.3 is 0 Å². The molecule has 0 aliphatic carbocycles. The van der Waals surface area contributed by atoms with Gasteiger partial charge in [0.2, 0.25) is 0 Å². The van der Waals surface area contributed by atoms with E-state index in [-0.39, 0.29) is 5.91 Å². The second-order valence-electron chi connectivity index (χ2n) is 8.19. The first-order valence-electron chi connectivity index (χ1n) is 10.6. The van der Waals surface area contributed by atoms with Gasteiger partial charge in [-0.1, -0.05) is 18.2 Å². The highest BCUT2D eigenvalue weighted by Crippen LogP contribution is 2.33. The number of rotatable bonds is 2. The molecule has 4 aromatic rings. The number of benzene rings is 2. The average molecular weight is 412 g/mol. The molecule has 1 aliphatic rings. The molecule has 0 radical (unpaired) electrons. The van der Waals surface area contributed by atoms with Gasteiger partial charge in [0.1, 0.15) is 0 Å². The number of amides is 1. The standard InChI is InChI=1S/C25H25N5O/c1-29-10-3-11-30(13-12-29)25(31)18-6-7-20-22-16-27-9-8-21(22)24(28-23(20)15-18)17-4-2-5-19(26)14-17/h2,4-9,14-16H,3,10-13,26H2,1H3.